The summed E-state index contributed by atoms with van der Waals surface area (Å²) >= 11 is 0. The zero-order chi connectivity index (χ0) is 10.6. The van der Waals surface area contributed by atoms with Crippen molar-refractivity contribution < 1.29 is 14.7 Å². The van der Waals surface area contributed by atoms with Gasteiger partial charge in [-0.25, -0.2) is 9.59 Å². The van der Waals surface area contributed by atoms with Gasteiger partial charge in [0.2, 0.25) is 0 Å². The molecular formula is C11H10O3. The number of allylic oxidation sites excluding steroid dienone is 6. The second-order valence-electron chi connectivity index (χ2n) is 2.98. The molecule has 0 aromatic rings. The van der Waals surface area contributed by atoms with Gasteiger partial charge in [0, 0.05) is 17.1 Å². The van der Waals surface area contributed by atoms with Crippen molar-refractivity contribution in [3.05, 3.63) is 41.5 Å². The van der Waals surface area contributed by atoms with Crippen molar-refractivity contribution in [3.8, 4) is 0 Å². The predicted molar refractivity (Wildman–Crippen MR) is 52.4 cm³/mol. The smallest absolute Gasteiger partial charge is 0.330 e. The lowest BCUT2D eigenvalue weighted by Gasteiger charge is -2.09. The van der Waals surface area contributed by atoms with Gasteiger partial charge in [0.1, 0.15) is 5.94 Å². The summed E-state index contributed by atoms with van der Waals surface area (Å²) in [7, 11) is 0. The van der Waals surface area contributed by atoms with Gasteiger partial charge in [-0.05, 0) is 13.0 Å². The fraction of sp³-hybridized carbons (Fsp3) is 0.182. The monoisotopic (exact) mass is 190 g/mol. The molecule has 0 amide bonds. The topological polar surface area (TPSA) is 54.4 Å². The molecule has 1 atom stereocenters. The lowest BCUT2D eigenvalue weighted by atomic mass is 9.94. The molecule has 0 aromatic carbocycles. The van der Waals surface area contributed by atoms with Crippen molar-refractivity contribution in [2.75, 3.05) is 0 Å². The Bertz CT molecular complexity index is 379. The Labute approximate surface area is 81.7 Å². The first kappa shape index (κ1) is 10.2. The lowest BCUT2D eigenvalue weighted by molar-refractivity contribution is -0.132. The van der Waals surface area contributed by atoms with Gasteiger partial charge >= 0.3 is 5.97 Å². The van der Waals surface area contributed by atoms with Crippen LogP contribution in [0.15, 0.2) is 41.5 Å². The van der Waals surface area contributed by atoms with Gasteiger partial charge in [-0.15, -0.1) is 0 Å². The van der Waals surface area contributed by atoms with E-state index in [0.717, 1.165) is 0 Å². The van der Waals surface area contributed by atoms with Crippen LogP contribution >= 0.6 is 0 Å². The molecule has 0 aliphatic heterocycles. The quantitative estimate of drug-likeness (QED) is 0.530. The SMILES string of the molecule is CC(=CC1C=CC=CC1=C=O)C(=O)O. The summed E-state index contributed by atoms with van der Waals surface area (Å²) < 4.78 is 0. The predicted octanol–water partition coefficient (Wildman–Crippen LogP) is 1.52. The van der Waals surface area contributed by atoms with E-state index in [9.17, 15) is 9.59 Å². The molecule has 0 aromatic heterocycles. The first-order valence-corrected chi connectivity index (χ1v) is 4.16. The van der Waals surface area contributed by atoms with E-state index in [4.69, 9.17) is 5.11 Å². The summed E-state index contributed by atoms with van der Waals surface area (Å²) in [5.41, 5.74) is 0.677. The van der Waals surface area contributed by atoms with Crippen molar-refractivity contribution in [1.82, 2.24) is 0 Å². The summed E-state index contributed by atoms with van der Waals surface area (Å²) in [5, 5.41) is 8.65. The Morgan fingerprint density at radius 2 is 2.29 bits per heavy atom. The number of hydrogen-bond donors (Lipinski definition) is 1. The van der Waals surface area contributed by atoms with Gasteiger partial charge in [0.25, 0.3) is 0 Å². The minimum absolute atomic E-state index is 0.225. The molecule has 0 fully saturated rings. The molecule has 1 aliphatic rings. The maximum Gasteiger partial charge on any atom is 0.330 e. The Morgan fingerprint density at radius 3 is 2.86 bits per heavy atom. The molecule has 3 nitrogen and oxygen atoms in total. The molecule has 3 heteroatoms. The number of aliphatic carboxylic acids is 1. The first-order chi connectivity index (χ1) is 6.65. The van der Waals surface area contributed by atoms with Crippen molar-refractivity contribution in [2.24, 2.45) is 5.92 Å². The van der Waals surface area contributed by atoms with E-state index in [1.54, 1.807) is 30.2 Å². The highest BCUT2D eigenvalue weighted by Crippen LogP contribution is 2.19. The zero-order valence-electron chi connectivity index (χ0n) is 7.73. The minimum atomic E-state index is -0.974. The summed E-state index contributed by atoms with van der Waals surface area (Å²) in [4.78, 5) is 21.0. The van der Waals surface area contributed by atoms with Crippen molar-refractivity contribution in [2.45, 2.75) is 6.92 Å². The maximum absolute atomic E-state index is 10.5. The van der Waals surface area contributed by atoms with Crippen molar-refractivity contribution in [3.63, 3.8) is 0 Å². The fourth-order valence-corrected chi connectivity index (χ4v) is 1.15. The van der Waals surface area contributed by atoms with Gasteiger partial charge in [-0.3, -0.25) is 0 Å². The number of carboxylic acids is 1. The molecule has 0 heterocycles. The fourth-order valence-electron chi connectivity index (χ4n) is 1.15. The average molecular weight is 190 g/mol. The summed E-state index contributed by atoms with van der Waals surface area (Å²) in [6.07, 6.45) is 8.41. The Morgan fingerprint density at radius 1 is 1.57 bits per heavy atom. The highest BCUT2D eigenvalue weighted by atomic mass is 16.4. The highest BCUT2D eigenvalue weighted by Gasteiger charge is 2.11. The number of hydrogen-bond acceptors (Lipinski definition) is 2. The van der Waals surface area contributed by atoms with E-state index in [0.29, 0.717) is 5.57 Å². The second kappa shape index (κ2) is 4.40. The van der Waals surface area contributed by atoms with E-state index < -0.39 is 5.97 Å². The number of rotatable bonds is 2. The average Bonchev–Trinajstić information content (AvgIpc) is 2.18. The van der Waals surface area contributed by atoms with Crippen LogP contribution in [0.4, 0.5) is 0 Å². The lowest BCUT2D eigenvalue weighted by Crippen LogP contribution is -2.04. The molecule has 1 aliphatic carbocycles. The highest BCUT2D eigenvalue weighted by molar-refractivity contribution is 5.86. The third-order valence-electron chi connectivity index (χ3n) is 1.95. The summed E-state index contributed by atoms with van der Waals surface area (Å²) in [6.45, 7) is 1.50. The van der Waals surface area contributed by atoms with Crippen LogP contribution in [-0.2, 0) is 9.59 Å². The second-order valence-corrected chi connectivity index (χ2v) is 2.98. The molecular weight excluding hydrogens is 180 g/mol. The van der Waals surface area contributed by atoms with Gasteiger partial charge in [-0.2, -0.15) is 0 Å². The third-order valence-corrected chi connectivity index (χ3v) is 1.95. The van der Waals surface area contributed by atoms with E-state index in [2.05, 4.69) is 0 Å². The number of carboxylic acid groups (broad SMARTS) is 1. The van der Waals surface area contributed by atoms with E-state index >= 15 is 0 Å². The van der Waals surface area contributed by atoms with Crippen LogP contribution in [-0.4, -0.2) is 17.0 Å². The largest absolute Gasteiger partial charge is 0.478 e. The van der Waals surface area contributed by atoms with Crippen LogP contribution in [0.3, 0.4) is 0 Å². The molecule has 72 valence electrons. The van der Waals surface area contributed by atoms with Crippen molar-refractivity contribution >= 4 is 11.9 Å². The standard InChI is InChI=1S/C11H10O3/c1-8(11(13)14)6-9-4-2-3-5-10(9)7-12/h2-6,9H,1H3,(H,13,14). The van der Waals surface area contributed by atoms with Crippen LogP contribution in [0.1, 0.15) is 6.92 Å². The molecule has 0 bridgehead atoms. The van der Waals surface area contributed by atoms with Gasteiger partial charge in [0.15, 0.2) is 0 Å². The number of carbonyl (C=O) groups is 1. The Balaban J connectivity index is 2.94. The van der Waals surface area contributed by atoms with Crippen LogP contribution < -0.4 is 0 Å². The maximum atomic E-state index is 10.5. The zero-order valence-corrected chi connectivity index (χ0v) is 7.73. The normalized spacial score (nSPS) is 20.8. The molecule has 0 radical (unpaired) electrons. The third kappa shape index (κ3) is 2.31. The van der Waals surface area contributed by atoms with Gasteiger partial charge in [-0.1, -0.05) is 24.3 Å². The summed E-state index contributed by atoms with van der Waals surface area (Å²) in [6, 6.07) is 0. The van der Waals surface area contributed by atoms with E-state index in [-0.39, 0.29) is 11.5 Å². The van der Waals surface area contributed by atoms with E-state index in [1.165, 1.54) is 13.0 Å². The molecule has 0 saturated carbocycles. The molecule has 0 spiro atoms. The molecule has 1 rings (SSSR count). The first-order valence-electron chi connectivity index (χ1n) is 4.16. The molecule has 1 N–H and O–H groups in total. The van der Waals surface area contributed by atoms with Crippen molar-refractivity contribution in [1.29, 1.82) is 0 Å². The summed E-state index contributed by atoms with van der Waals surface area (Å²) in [5.74, 6) is 0.546. The molecule has 1 unspecified atom stereocenters. The van der Waals surface area contributed by atoms with Crippen LogP contribution in [0.2, 0.25) is 0 Å². The van der Waals surface area contributed by atoms with Gasteiger partial charge < -0.3 is 5.11 Å². The van der Waals surface area contributed by atoms with E-state index in [1.807, 2.05) is 0 Å². The number of carbonyl (C=O) groups excluding carboxylic acids is 1. The molecule has 14 heavy (non-hydrogen) atoms. The van der Waals surface area contributed by atoms with Gasteiger partial charge in [0.05, 0.1) is 0 Å². The van der Waals surface area contributed by atoms with Crippen LogP contribution in [0.25, 0.3) is 0 Å². The van der Waals surface area contributed by atoms with Crippen LogP contribution in [0, 0.1) is 5.92 Å². The Kier molecular flexibility index (Phi) is 3.21. The Hall–Kier alpha value is -1.86. The molecule has 0 saturated heterocycles. The van der Waals surface area contributed by atoms with Crippen LogP contribution in [0.5, 0.6) is 0 Å². The minimum Gasteiger partial charge on any atom is -0.478 e.